The Morgan fingerprint density at radius 3 is 2.03 bits per heavy atom. The number of nitrogens with one attached hydrogen (secondary N) is 2. The van der Waals surface area contributed by atoms with Gasteiger partial charge in [-0.05, 0) is 77.0 Å². The smallest absolute Gasteiger partial charge is 0.408 e. The molecule has 2 N–H and O–H groups in total. The monoisotopic (exact) mass is 535 g/mol. The lowest BCUT2D eigenvalue weighted by Gasteiger charge is -2.36. The Morgan fingerprint density at radius 2 is 1.54 bits per heavy atom. The molecule has 4 atom stereocenters. The summed E-state index contributed by atoms with van der Waals surface area (Å²) in [5.74, 6) is -0.296. The second-order valence-electron chi connectivity index (χ2n) is 12.7. The van der Waals surface area contributed by atoms with E-state index in [1.165, 1.54) is 0 Å². The van der Waals surface area contributed by atoms with Crippen LogP contribution >= 0.6 is 0 Å². The molecule has 7 heteroatoms. The van der Waals surface area contributed by atoms with Gasteiger partial charge in [-0.2, -0.15) is 0 Å². The molecule has 212 valence electrons. The molecule has 0 aliphatic heterocycles. The number of hydrogen-bond acceptors (Lipinski definition) is 4. The van der Waals surface area contributed by atoms with Crippen molar-refractivity contribution in [1.82, 2.24) is 15.5 Å². The van der Waals surface area contributed by atoms with Gasteiger partial charge in [-0.3, -0.25) is 9.59 Å². The lowest BCUT2D eigenvalue weighted by Crippen LogP contribution is -2.56. The lowest BCUT2D eigenvalue weighted by atomic mass is 9.97. The summed E-state index contributed by atoms with van der Waals surface area (Å²) in [5.41, 5.74) is 1.60. The number of carbonyl (C=O) groups excluding carboxylic acids is 3. The molecular weight excluding hydrogens is 490 g/mol. The average molecular weight is 536 g/mol. The number of ether oxygens (including phenoxy) is 1. The molecule has 4 unspecified atom stereocenters. The second-order valence-corrected chi connectivity index (χ2v) is 12.7. The molecule has 2 aromatic rings. The van der Waals surface area contributed by atoms with Gasteiger partial charge in [0, 0.05) is 18.0 Å². The minimum atomic E-state index is -0.907. The summed E-state index contributed by atoms with van der Waals surface area (Å²) in [6.07, 6.45) is 1.28. The zero-order valence-electron chi connectivity index (χ0n) is 24.7. The molecular formula is C32H45N3O4. The van der Waals surface area contributed by atoms with Gasteiger partial charge in [-0.15, -0.1) is 0 Å². The molecule has 0 bridgehead atoms. The third kappa shape index (κ3) is 8.84. The molecule has 7 nitrogen and oxygen atoms in total. The Labute approximate surface area is 233 Å². The van der Waals surface area contributed by atoms with E-state index in [4.69, 9.17) is 4.74 Å². The summed E-state index contributed by atoms with van der Waals surface area (Å²) in [6.45, 7) is 15.3. The minimum absolute atomic E-state index is 0.113. The van der Waals surface area contributed by atoms with E-state index in [0.29, 0.717) is 0 Å². The first-order valence-corrected chi connectivity index (χ1v) is 13.9. The van der Waals surface area contributed by atoms with E-state index in [1.54, 1.807) is 25.7 Å². The second kappa shape index (κ2) is 12.2. The van der Waals surface area contributed by atoms with Crippen molar-refractivity contribution in [1.29, 1.82) is 0 Å². The molecule has 1 saturated carbocycles. The van der Waals surface area contributed by atoms with E-state index < -0.39 is 29.3 Å². The van der Waals surface area contributed by atoms with Crippen LogP contribution in [0, 0.1) is 5.92 Å². The molecule has 3 amide bonds. The number of aryl methyl sites for hydroxylation is 1. The van der Waals surface area contributed by atoms with Crippen LogP contribution in [0.25, 0.3) is 0 Å². The molecule has 0 heterocycles. The van der Waals surface area contributed by atoms with E-state index in [1.807, 2.05) is 75.4 Å². The summed E-state index contributed by atoms with van der Waals surface area (Å²) < 4.78 is 5.52. The first-order chi connectivity index (χ1) is 18.2. The predicted octanol–water partition coefficient (Wildman–Crippen LogP) is 5.58. The van der Waals surface area contributed by atoms with Crippen LogP contribution in [0.1, 0.15) is 84.5 Å². The molecule has 0 aromatic heterocycles. The van der Waals surface area contributed by atoms with Gasteiger partial charge < -0.3 is 20.3 Å². The van der Waals surface area contributed by atoms with Crippen molar-refractivity contribution in [2.45, 2.75) is 104 Å². The quantitative estimate of drug-likeness (QED) is 0.439. The fourth-order valence-corrected chi connectivity index (χ4v) is 4.66. The average Bonchev–Trinajstić information content (AvgIpc) is 3.55. The van der Waals surface area contributed by atoms with Crippen LogP contribution in [0.2, 0.25) is 0 Å². The van der Waals surface area contributed by atoms with Crippen LogP contribution in [0.4, 0.5) is 4.79 Å². The molecule has 39 heavy (non-hydrogen) atoms. The molecule has 0 spiro atoms. The molecule has 0 saturated heterocycles. The Bertz CT molecular complexity index is 1130. The maximum atomic E-state index is 14.5. The van der Waals surface area contributed by atoms with Gasteiger partial charge in [0.1, 0.15) is 17.7 Å². The summed E-state index contributed by atoms with van der Waals surface area (Å²) in [4.78, 5) is 42.9. The Kier molecular flexibility index (Phi) is 9.47. The van der Waals surface area contributed by atoms with E-state index in [-0.39, 0.29) is 30.2 Å². The highest BCUT2D eigenvalue weighted by molar-refractivity contribution is 5.93. The Hall–Kier alpha value is -3.35. The maximum absolute atomic E-state index is 14.5. The van der Waals surface area contributed by atoms with Gasteiger partial charge in [0.25, 0.3) is 0 Å². The summed E-state index contributed by atoms with van der Waals surface area (Å²) >= 11 is 0. The third-order valence-electron chi connectivity index (χ3n) is 6.68. The molecule has 0 radical (unpaired) electrons. The van der Waals surface area contributed by atoms with Gasteiger partial charge >= 0.3 is 6.09 Å². The van der Waals surface area contributed by atoms with Crippen molar-refractivity contribution in [2.75, 3.05) is 0 Å². The van der Waals surface area contributed by atoms with Crippen LogP contribution in [0.5, 0.6) is 0 Å². The fraction of sp³-hybridized carbons (Fsp3) is 0.531. The zero-order valence-corrected chi connectivity index (χ0v) is 24.7. The lowest BCUT2D eigenvalue weighted by molar-refractivity contribution is -0.144. The first kappa shape index (κ1) is 30.2. The summed E-state index contributed by atoms with van der Waals surface area (Å²) in [5, 5.41) is 5.92. The van der Waals surface area contributed by atoms with Crippen LogP contribution in [0.3, 0.4) is 0 Å². The summed E-state index contributed by atoms with van der Waals surface area (Å²) in [7, 11) is 0. The topological polar surface area (TPSA) is 87.7 Å². The van der Waals surface area contributed by atoms with Crippen molar-refractivity contribution in [3.05, 3.63) is 71.3 Å². The number of rotatable bonds is 9. The van der Waals surface area contributed by atoms with E-state index in [0.717, 1.165) is 29.5 Å². The van der Waals surface area contributed by atoms with Crippen LogP contribution < -0.4 is 10.6 Å². The highest BCUT2D eigenvalue weighted by Gasteiger charge is 2.48. The largest absolute Gasteiger partial charge is 0.444 e. The SMILES string of the molecule is CCc1ccc(C(C(=O)NC(C)(C)C)N(C(=O)C(Cc2ccccc2)NC(=O)OC(C)(C)C)C2CC2C)cc1. The molecule has 1 aliphatic carbocycles. The highest BCUT2D eigenvalue weighted by Crippen LogP contribution is 2.41. The van der Waals surface area contributed by atoms with E-state index >= 15 is 0 Å². The Balaban J connectivity index is 2.05. The standard InChI is InChI=1S/C32H45N3O4/c1-9-22-15-17-24(18-16-22)27(28(36)34-31(3,4)5)35(26-19-21(26)2)29(37)25(20-23-13-11-10-12-14-23)33-30(38)39-32(6,7)8/h10-18,21,25-27H,9,19-20H2,1-8H3,(H,33,38)(H,34,36). The normalized spacial score (nSPS) is 18.5. The Morgan fingerprint density at radius 1 is 0.949 bits per heavy atom. The molecule has 1 fully saturated rings. The van der Waals surface area contributed by atoms with Crippen LogP contribution in [-0.4, -0.2) is 46.0 Å². The zero-order chi connectivity index (χ0) is 29.0. The summed E-state index contributed by atoms with van der Waals surface area (Å²) in [6, 6.07) is 15.6. The van der Waals surface area contributed by atoms with Crippen molar-refractivity contribution < 1.29 is 19.1 Å². The van der Waals surface area contributed by atoms with Gasteiger partial charge in [0.15, 0.2) is 0 Å². The minimum Gasteiger partial charge on any atom is -0.444 e. The van der Waals surface area contributed by atoms with Crippen LogP contribution in [0.15, 0.2) is 54.6 Å². The molecule has 3 rings (SSSR count). The third-order valence-corrected chi connectivity index (χ3v) is 6.68. The molecule has 1 aliphatic rings. The number of hydrogen-bond donors (Lipinski definition) is 2. The fourth-order valence-electron chi connectivity index (χ4n) is 4.66. The first-order valence-electron chi connectivity index (χ1n) is 13.9. The van der Waals surface area contributed by atoms with Gasteiger partial charge in [-0.1, -0.05) is 68.4 Å². The molecule has 2 aromatic carbocycles. The van der Waals surface area contributed by atoms with E-state index in [9.17, 15) is 14.4 Å². The number of nitrogens with zero attached hydrogens (tertiary/aromatic N) is 1. The number of benzene rings is 2. The van der Waals surface area contributed by atoms with Crippen molar-refractivity contribution in [3.63, 3.8) is 0 Å². The van der Waals surface area contributed by atoms with Gasteiger partial charge in [-0.25, -0.2) is 4.79 Å². The number of alkyl carbamates (subject to hydrolysis) is 1. The number of amides is 3. The van der Waals surface area contributed by atoms with Crippen LogP contribution in [-0.2, 0) is 27.2 Å². The highest BCUT2D eigenvalue weighted by atomic mass is 16.6. The van der Waals surface area contributed by atoms with Gasteiger partial charge in [0.05, 0.1) is 0 Å². The van der Waals surface area contributed by atoms with E-state index in [2.05, 4.69) is 24.5 Å². The van der Waals surface area contributed by atoms with Crippen molar-refractivity contribution >= 4 is 17.9 Å². The van der Waals surface area contributed by atoms with Gasteiger partial charge in [0.2, 0.25) is 11.8 Å². The van der Waals surface area contributed by atoms with Crippen molar-refractivity contribution in [2.24, 2.45) is 5.92 Å². The predicted molar refractivity (Wildman–Crippen MR) is 154 cm³/mol. The maximum Gasteiger partial charge on any atom is 0.408 e. The van der Waals surface area contributed by atoms with Crippen molar-refractivity contribution in [3.8, 4) is 0 Å². The number of carbonyl (C=O) groups is 3.